The molecule has 2 aromatic heterocycles. The van der Waals surface area contributed by atoms with Gasteiger partial charge < -0.3 is 15.5 Å². The van der Waals surface area contributed by atoms with Gasteiger partial charge in [-0.25, -0.2) is 13.9 Å². The zero-order valence-corrected chi connectivity index (χ0v) is 18.8. The van der Waals surface area contributed by atoms with E-state index in [2.05, 4.69) is 10.1 Å². The quantitative estimate of drug-likeness (QED) is 0.569. The maximum Gasteiger partial charge on any atom is 0.418 e. The van der Waals surface area contributed by atoms with Crippen molar-refractivity contribution in [2.45, 2.75) is 45.5 Å². The molecular weight excluding hydrogens is 456 g/mol. The molecule has 1 saturated heterocycles. The lowest BCUT2D eigenvalue weighted by atomic mass is 9.93. The summed E-state index contributed by atoms with van der Waals surface area (Å²) in [7, 11) is 0. The number of benzene rings is 1. The molecule has 1 fully saturated rings. The molecule has 8 nitrogen and oxygen atoms in total. The molecule has 3 aromatic rings. The molecule has 0 radical (unpaired) electrons. The molecule has 0 spiro atoms. The molecule has 1 atom stereocenters. The normalized spacial score (nSPS) is 18.6. The van der Waals surface area contributed by atoms with E-state index in [4.69, 9.17) is 5.73 Å². The van der Waals surface area contributed by atoms with Gasteiger partial charge >= 0.3 is 6.18 Å². The van der Waals surface area contributed by atoms with E-state index < -0.39 is 40.6 Å². The van der Waals surface area contributed by atoms with Crippen LogP contribution in [0.5, 0.6) is 0 Å². The predicted octanol–water partition coefficient (Wildman–Crippen LogP) is 3.50. The van der Waals surface area contributed by atoms with E-state index in [0.717, 1.165) is 23.0 Å². The second kappa shape index (κ2) is 7.67. The molecule has 12 heteroatoms. The van der Waals surface area contributed by atoms with Gasteiger partial charge in [0.15, 0.2) is 5.82 Å². The average Bonchev–Trinajstić information content (AvgIpc) is 3.14. The average molecular weight is 478 g/mol. The summed E-state index contributed by atoms with van der Waals surface area (Å²) in [5.74, 6) is -1.90. The van der Waals surface area contributed by atoms with Crippen molar-refractivity contribution < 1.29 is 27.2 Å². The standard InChI is InChI=1S/C22H22F4N6O2/c1-11-9-30(12(2)33)21(3,4)20(34)31(11)17-7-13(5-6-15(17)23)16-8-14(22(24,25)26)18-19(27)28-10-29-32(16)18/h5-8,10-11H,9H2,1-4H3,(H2,27,28,29). The third-order valence-electron chi connectivity index (χ3n) is 6.07. The van der Waals surface area contributed by atoms with Gasteiger partial charge in [-0.15, -0.1) is 0 Å². The molecule has 4 rings (SSSR count). The van der Waals surface area contributed by atoms with Crippen LogP contribution in [0, 0.1) is 5.82 Å². The summed E-state index contributed by atoms with van der Waals surface area (Å²) in [6.45, 7) is 6.30. The first-order chi connectivity index (χ1) is 15.7. The Morgan fingerprint density at radius 1 is 1.24 bits per heavy atom. The van der Waals surface area contributed by atoms with E-state index >= 15 is 0 Å². The van der Waals surface area contributed by atoms with Crippen LogP contribution in [-0.2, 0) is 15.8 Å². The van der Waals surface area contributed by atoms with Crippen LogP contribution >= 0.6 is 0 Å². The number of amides is 2. The number of rotatable bonds is 2. The largest absolute Gasteiger partial charge is 0.418 e. The Kier molecular flexibility index (Phi) is 5.29. The van der Waals surface area contributed by atoms with Crippen molar-refractivity contribution >= 4 is 28.8 Å². The van der Waals surface area contributed by atoms with Crippen molar-refractivity contribution in [3.05, 3.63) is 42.0 Å². The maximum atomic E-state index is 15.0. The lowest BCUT2D eigenvalue weighted by Crippen LogP contribution is -2.67. The fraction of sp³-hybridized carbons (Fsp3) is 0.364. The number of alkyl halides is 3. The number of carbonyl (C=O) groups excluding carboxylic acids is 2. The minimum absolute atomic E-state index is 0.000547. The van der Waals surface area contributed by atoms with Gasteiger partial charge in [0, 0.05) is 19.0 Å². The van der Waals surface area contributed by atoms with Crippen molar-refractivity contribution in [2.75, 3.05) is 17.2 Å². The number of carbonyl (C=O) groups is 2. The Balaban J connectivity index is 1.88. The van der Waals surface area contributed by atoms with Crippen molar-refractivity contribution in [1.29, 1.82) is 0 Å². The molecule has 1 aromatic carbocycles. The van der Waals surface area contributed by atoms with Gasteiger partial charge in [-0.3, -0.25) is 9.59 Å². The number of anilines is 2. The van der Waals surface area contributed by atoms with Gasteiger partial charge in [0.1, 0.15) is 23.2 Å². The first-order valence-corrected chi connectivity index (χ1v) is 10.4. The molecule has 1 unspecified atom stereocenters. The molecule has 0 saturated carbocycles. The van der Waals surface area contributed by atoms with Gasteiger partial charge in [-0.05, 0) is 45.0 Å². The van der Waals surface area contributed by atoms with Crippen molar-refractivity contribution in [1.82, 2.24) is 19.5 Å². The molecule has 34 heavy (non-hydrogen) atoms. The summed E-state index contributed by atoms with van der Waals surface area (Å²) >= 11 is 0. The number of halogens is 4. The van der Waals surface area contributed by atoms with E-state index in [1.165, 1.54) is 28.9 Å². The Labute approximate surface area is 192 Å². The fourth-order valence-electron chi connectivity index (χ4n) is 4.40. The number of piperazine rings is 1. The lowest BCUT2D eigenvalue weighted by Gasteiger charge is -2.48. The smallest absolute Gasteiger partial charge is 0.382 e. The first kappa shape index (κ1) is 23.5. The van der Waals surface area contributed by atoms with Crippen molar-refractivity contribution in [3.8, 4) is 11.3 Å². The maximum absolute atomic E-state index is 15.0. The molecule has 2 N–H and O–H groups in total. The van der Waals surface area contributed by atoms with E-state index in [1.54, 1.807) is 20.8 Å². The third-order valence-corrected chi connectivity index (χ3v) is 6.07. The van der Waals surface area contributed by atoms with Crippen molar-refractivity contribution in [3.63, 3.8) is 0 Å². The summed E-state index contributed by atoms with van der Waals surface area (Å²) < 4.78 is 57.0. The van der Waals surface area contributed by atoms with Gasteiger partial charge in [0.2, 0.25) is 5.91 Å². The van der Waals surface area contributed by atoms with Gasteiger partial charge in [0.25, 0.3) is 5.91 Å². The first-order valence-electron chi connectivity index (χ1n) is 10.4. The summed E-state index contributed by atoms with van der Waals surface area (Å²) in [6.07, 6.45) is -3.71. The zero-order valence-electron chi connectivity index (χ0n) is 18.8. The highest BCUT2D eigenvalue weighted by Gasteiger charge is 2.47. The Hall–Kier alpha value is -3.70. The third kappa shape index (κ3) is 3.53. The van der Waals surface area contributed by atoms with E-state index in [0.29, 0.717) is 0 Å². The number of hydrogen-bond acceptors (Lipinski definition) is 5. The number of aromatic nitrogens is 3. The second-order valence-electron chi connectivity index (χ2n) is 8.73. The van der Waals surface area contributed by atoms with Gasteiger partial charge in [0.05, 0.1) is 23.0 Å². The highest BCUT2D eigenvalue weighted by Crippen LogP contribution is 2.40. The van der Waals surface area contributed by atoms with Crippen LogP contribution in [0.2, 0.25) is 0 Å². The highest BCUT2D eigenvalue weighted by atomic mass is 19.4. The van der Waals surface area contributed by atoms with Crippen LogP contribution in [-0.4, -0.2) is 49.4 Å². The van der Waals surface area contributed by atoms with Crippen LogP contribution < -0.4 is 10.6 Å². The molecular formula is C22H22F4N6O2. The summed E-state index contributed by atoms with van der Waals surface area (Å²) in [4.78, 5) is 31.7. The van der Waals surface area contributed by atoms with Crippen LogP contribution in [0.25, 0.3) is 16.8 Å². The molecule has 0 aliphatic carbocycles. The number of nitrogen functional groups attached to an aromatic ring is 1. The van der Waals surface area contributed by atoms with E-state index in [-0.39, 0.29) is 35.2 Å². The number of nitrogens with two attached hydrogens (primary N) is 1. The molecule has 1 aliphatic heterocycles. The number of nitrogens with zero attached hydrogens (tertiary/aromatic N) is 5. The molecule has 0 bridgehead atoms. The highest BCUT2D eigenvalue weighted by molar-refractivity contribution is 6.03. The van der Waals surface area contributed by atoms with Crippen LogP contribution in [0.4, 0.5) is 29.1 Å². The van der Waals surface area contributed by atoms with Crippen LogP contribution in [0.3, 0.4) is 0 Å². The molecule has 3 heterocycles. The fourth-order valence-corrected chi connectivity index (χ4v) is 4.40. The second-order valence-corrected chi connectivity index (χ2v) is 8.73. The minimum atomic E-state index is -4.73. The Morgan fingerprint density at radius 2 is 1.91 bits per heavy atom. The van der Waals surface area contributed by atoms with Crippen LogP contribution in [0.1, 0.15) is 33.3 Å². The minimum Gasteiger partial charge on any atom is -0.382 e. The summed E-state index contributed by atoms with van der Waals surface area (Å²) in [6, 6.07) is 3.95. The number of fused-ring (bicyclic) bond motifs is 1. The zero-order chi connectivity index (χ0) is 25.2. The van der Waals surface area contributed by atoms with E-state index in [1.807, 2.05) is 0 Å². The van der Waals surface area contributed by atoms with E-state index in [9.17, 15) is 27.2 Å². The predicted molar refractivity (Wildman–Crippen MR) is 116 cm³/mol. The van der Waals surface area contributed by atoms with Crippen LogP contribution in [0.15, 0.2) is 30.6 Å². The Morgan fingerprint density at radius 3 is 2.53 bits per heavy atom. The summed E-state index contributed by atoms with van der Waals surface area (Å²) in [5.41, 5.74) is 3.08. The lowest BCUT2D eigenvalue weighted by molar-refractivity contribution is -0.146. The van der Waals surface area contributed by atoms with Gasteiger partial charge in [-0.1, -0.05) is 0 Å². The molecule has 180 valence electrons. The molecule has 1 aliphatic rings. The Bertz CT molecular complexity index is 1320. The SMILES string of the molecule is CC(=O)N1CC(C)N(c2cc(-c3cc(C(F)(F)F)c4c(N)ncnn34)ccc2F)C(=O)C1(C)C. The molecule has 2 amide bonds. The monoisotopic (exact) mass is 478 g/mol. The van der Waals surface area contributed by atoms with Crippen molar-refractivity contribution in [2.24, 2.45) is 0 Å². The topological polar surface area (TPSA) is 96.8 Å². The summed E-state index contributed by atoms with van der Waals surface area (Å²) in [5, 5.41) is 3.91. The van der Waals surface area contributed by atoms with Gasteiger partial charge in [-0.2, -0.15) is 18.3 Å². The number of hydrogen-bond donors (Lipinski definition) is 1.